The average molecular weight is 678 g/mol. The Morgan fingerprint density at radius 2 is 2.13 bits per heavy atom. The summed E-state index contributed by atoms with van der Waals surface area (Å²) in [6, 6.07) is 1.46. The number of hydrogen-bond donors (Lipinski definition) is 2. The normalized spacial score (nSPS) is 23.9. The molecule has 2 fully saturated rings. The second-order valence-corrected chi connectivity index (χ2v) is 12.7. The molecule has 0 aliphatic carbocycles. The van der Waals surface area contributed by atoms with Gasteiger partial charge in [-0.15, -0.1) is 11.3 Å². The summed E-state index contributed by atoms with van der Waals surface area (Å²) in [5.41, 5.74) is -0.689. The first kappa shape index (κ1) is 34.7. The second kappa shape index (κ2) is 14.2. The fourth-order valence-corrected chi connectivity index (χ4v) is 6.72. The highest BCUT2D eigenvalue weighted by Gasteiger charge is 2.60. The maximum Gasteiger partial charge on any atom is 0.338 e. The number of likely N-dealkylation sites (tertiary alicyclic amines) is 1. The van der Waals surface area contributed by atoms with E-state index in [0.717, 1.165) is 0 Å². The zero-order valence-electron chi connectivity index (χ0n) is 26.4. The third-order valence-electron chi connectivity index (χ3n) is 8.44. The second-order valence-electron chi connectivity index (χ2n) is 11.8. The molecule has 0 unspecified atom stereocenters. The molecule has 2 aromatic rings. The van der Waals surface area contributed by atoms with E-state index in [2.05, 4.69) is 16.9 Å². The van der Waals surface area contributed by atoms with Gasteiger partial charge in [0.25, 0.3) is 5.92 Å². The number of benzene rings is 1. The van der Waals surface area contributed by atoms with Crippen molar-refractivity contribution < 1.29 is 42.2 Å². The van der Waals surface area contributed by atoms with Crippen molar-refractivity contribution in [2.75, 3.05) is 39.5 Å². The molecular formula is C32H38F3N5O6S. The van der Waals surface area contributed by atoms with Crippen LogP contribution in [0.4, 0.5) is 13.2 Å². The van der Waals surface area contributed by atoms with Gasteiger partial charge in [-0.25, -0.2) is 27.7 Å². The minimum Gasteiger partial charge on any atom is -0.463 e. The summed E-state index contributed by atoms with van der Waals surface area (Å²) in [5.74, 6) is -4.88. The lowest BCUT2D eigenvalue weighted by Gasteiger charge is -2.31. The van der Waals surface area contributed by atoms with E-state index in [0.29, 0.717) is 27.7 Å². The van der Waals surface area contributed by atoms with Crippen LogP contribution in [0.3, 0.4) is 0 Å². The van der Waals surface area contributed by atoms with Gasteiger partial charge in [0.15, 0.2) is 16.4 Å². The molecule has 0 radical (unpaired) electrons. The Morgan fingerprint density at radius 3 is 2.83 bits per heavy atom. The number of halogens is 3. The van der Waals surface area contributed by atoms with Crippen LogP contribution in [-0.2, 0) is 23.9 Å². The number of nitrogens with zero attached hydrogens (tertiary/aromatic N) is 4. The monoisotopic (exact) mass is 677 g/mol. The van der Waals surface area contributed by atoms with E-state index in [4.69, 9.17) is 19.3 Å². The molecule has 2 saturated heterocycles. The molecule has 4 heterocycles. The fourth-order valence-electron chi connectivity index (χ4n) is 6.13. The predicted molar refractivity (Wildman–Crippen MR) is 167 cm³/mol. The van der Waals surface area contributed by atoms with E-state index in [9.17, 15) is 19.1 Å². The van der Waals surface area contributed by atoms with Crippen LogP contribution >= 0.6 is 11.3 Å². The number of hydroxylamine groups is 2. The van der Waals surface area contributed by atoms with Crippen molar-refractivity contribution in [1.29, 1.82) is 0 Å². The Kier molecular flexibility index (Phi) is 10.5. The van der Waals surface area contributed by atoms with Crippen LogP contribution in [0.1, 0.15) is 48.9 Å². The molecule has 254 valence electrons. The van der Waals surface area contributed by atoms with Gasteiger partial charge in [0.1, 0.15) is 24.5 Å². The number of esters is 2. The molecule has 0 bridgehead atoms. The summed E-state index contributed by atoms with van der Waals surface area (Å²) in [7, 11) is 0. The van der Waals surface area contributed by atoms with Gasteiger partial charge in [0.05, 0.1) is 31.4 Å². The molecule has 3 aliphatic rings. The van der Waals surface area contributed by atoms with Crippen LogP contribution in [0.5, 0.6) is 0 Å². The molecule has 3 aliphatic heterocycles. The van der Waals surface area contributed by atoms with E-state index in [-0.39, 0.29) is 51.3 Å². The topological polar surface area (TPSA) is 126 Å². The number of fused-ring (bicyclic) bond motifs is 1. The molecule has 1 aromatic heterocycles. The van der Waals surface area contributed by atoms with Crippen molar-refractivity contribution in [2.24, 2.45) is 4.99 Å². The fraction of sp³-hybridized carbons (Fsp3) is 0.500. The molecule has 4 atom stereocenters. The van der Waals surface area contributed by atoms with E-state index >= 15 is 8.78 Å². The molecule has 15 heteroatoms. The summed E-state index contributed by atoms with van der Waals surface area (Å²) in [4.78, 5) is 42.1. The lowest BCUT2D eigenvalue weighted by atomic mass is 9.92. The summed E-state index contributed by atoms with van der Waals surface area (Å²) in [6.45, 7) is 7.28. The van der Waals surface area contributed by atoms with Crippen LogP contribution in [0.15, 0.2) is 58.7 Å². The number of carbonyl (C=O) groups is 2. The number of thiazole rings is 1. The number of amidine groups is 1. The zero-order chi connectivity index (χ0) is 33.9. The molecular weight excluding hydrogens is 639 g/mol. The number of hydrogen-bond acceptors (Lipinski definition) is 12. The number of carbonyl (C=O) groups excluding carboxylic acids is 2. The largest absolute Gasteiger partial charge is 0.463 e. The Labute approximate surface area is 274 Å². The van der Waals surface area contributed by atoms with E-state index in [1.807, 2.05) is 0 Å². The standard InChI is InChI=1S/C32H38F3N5O6S/c1-5-14-45-30(42)31(4,43)11-8-13-40-26-23(17-46-40)39(18-32(26,34)35)16-22-24(29(41)44-6-2)25(20-9-7-10-21(33)19(20)3)38-27(37-22)28-36-12-15-47-28/h5,7,9-10,12,15,23,25-26,43H,1,6,8,11,13-14,16-18H2,2-4H3,(H,37,38)/t23-,25-,26+,31-/m0/s1. The number of alkyl halides is 2. The first-order valence-electron chi connectivity index (χ1n) is 15.3. The summed E-state index contributed by atoms with van der Waals surface area (Å²) >= 11 is 1.30. The molecule has 2 N–H and O–H groups in total. The van der Waals surface area contributed by atoms with Crippen LogP contribution in [0.25, 0.3) is 0 Å². The van der Waals surface area contributed by atoms with Crippen LogP contribution in [0, 0.1) is 12.7 Å². The SMILES string of the molecule is C=CCOC(=O)[C@@](C)(O)CCCN1OC[C@H]2[C@@H]1C(F)(F)CN2CC1=C(C(=O)OCC)[C@H](c2cccc(F)c2C)N=C(c2nccs2)N1. The first-order valence-corrected chi connectivity index (χ1v) is 16.2. The van der Waals surface area contributed by atoms with Crippen molar-refractivity contribution in [3.05, 3.63) is 75.7 Å². The first-order chi connectivity index (χ1) is 22.4. The third-order valence-corrected chi connectivity index (χ3v) is 9.22. The van der Waals surface area contributed by atoms with Gasteiger partial charge in [0, 0.05) is 30.4 Å². The Hall–Kier alpha value is -3.63. The summed E-state index contributed by atoms with van der Waals surface area (Å²) in [5, 5.41) is 17.2. The smallest absolute Gasteiger partial charge is 0.338 e. The van der Waals surface area contributed by atoms with Crippen molar-refractivity contribution in [3.8, 4) is 0 Å². The summed E-state index contributed by atoms with van der Waals surface area (Å²) in [6.07, 6.45) is 3.12. The maximum atomic E-state index is 15.7. The highest BCUT2D eigenvalue weighted by Crippen LogP contribution is 2.42. The number of rotatable bonds is 13. The lowest BCUT2D eigenvalue weighted by molar-refractivity contribution is -0.184. The van der Waals surface area contributed by atoms with Gasteiger partial charge < -0.3 is 19.9 Å². The number of aromatic nitrogens is 1. The minimum atomic E-state index is -3.20. The molecule has 11 nitrogen and oxygen atoms in total. The van der Waals surface area contributed by atoms with Crippen molar-refractivity contribution in [2.45, 2.75) is 63.3 Å². The maximum absolute atomic E-state index is 15.7. The highest BCUT2D eigenvalue weighted by atomic mass is 32.1. The number of nitrogens with one attached hydrogen (secondary N) is 1. The lowest BCUT2D eigenvalue weighted by Crippen LogP contribution is -2.46. The van der Waals surface area contributed by atoms with Gasteiger partial charge in [0.2, 0.25) is 0 Å². The number of aliphatic hydroxyl groups is 1. The van der Waals surface area contributed by atoms with Gasteiger partial charge in [-0.1, -0.05) is 24.8 Å². The van der Waals surface area contributed by atoms with Gasteiger partial charge in [-0.2, -0.15) is 5.06 Å². The van der Waals surface area contributed by atoms with Crippen molar-refractivity contribution in [1.82, 2.24) is 20.3 Å². The van der Waals surface area contributed by atoms with Crippen molar-refractivity contribution >= 4 is 29.1 Å². The van der Waals surface area contributed by atoms with Crippen LogP contribution in [-0.4, -0.2) is 101 Å². The Morgan fingerprint density at radius 1 is 1.34 bits per heavy atom. The van der Waals surface area contributed by atoms with Gasteiger partial charge in [-0.05, 0) is 50.8 Å². The number of ether oxygens (including phenoxy) is 2. The predicted octanol–water partition coefficient (Wildman–Crippen LogP) is 3.69. The number of aliphatic imine (C=N–C) groups is 1. The molecule has 0 saturated carbocycles. The van der Waals surface area contributed by atoms with Gasteiger partial charge in [-0.3, -0.25) is 14.7 Å². The van der Waals surface area contributed by atoms with E-state index < -0.39 is 53.9 Å². The zero-order valence-corrected chi connectivity index (χ0v) is 27.2. The molecule has 5 rings (SSSR count). The molecule has 47 heavy (non-hydrogen) atoms. The molecule has 1 aromatic carbocycles. The van der Waals surface area contributed by atoms with E-state index in [1.54, 1.807) is 36.4 Å². The highest BCUT2D eigenvalue weighted by molar-refractivity contribution is 7.11. The third kappa shape index (κ3) is 7.28. The van der Waals surface area contributed by atoms with Crippen LogP contribution < -0.4 is 5.32 Å². The van der Waals surface area contributed by atoms with Crippen LogP contribution in [0.2, 0.25) is 0 Å². The van der Waals surface area contributed by atoms with Crippen molar-refractivity contribution in [3.63, 3.8) is 0 Å². The summed E-state index contributed by atoms with van der Waals surface area (Å²) < 4.78 is 56.5. The Balaban J connectivity index is 1.41. The Bertz CT molecular complexity index is 1550. The molecule has 0 spiro atoms. The van der Waals surface area contributed by atoms with E-state index in [1.165, 1.54) is 41.5 Å². The molecule has 0 amide bonds. The average Bonchev–Trinajstić information content (AvgIpc) is 3.76. The quantitative estimate of drug-likeness (QED) is 0.240. The van der Waals surface area contributed by atoms with Gasteiger partial charge >= 0.3 is 11.9 Å². The minimum absolute atomic E-state index is 0.0328.